The fourth-order valence-corrected chi connectivity index (χ4v) is 3.42. The normalized spacial score (nSPS) is 12.3. The Labute approximate surface area is 126 Å². The highest BCUT2D eigenvalue weighted by molar-refractivity contribution is 7.99. The number of unbranched alkanes of at least 4 members (excludes halogenated alkanes) is 1. The average molecular weight is 285 g/mol. The van der Waals surface area contributed by atoms with E-state index in [0.29, 0.717) is 5.25 Å². The van der Waals surface area contributed by atoms with Crippen molar-refractivity contribution in [2.75, 3.05) is 6.54 Å². The fraction of sp³-hybridized carbons (Fsp3) is 0.333. The van der Waals surface area contributed by atoms with Gasteiger partial charge in [-0.25, -0.2) is 0 Å². The van der Waals surface area contributed by atoms with Crippen LogP contribution in [0.5, 0.6) is 0 Å². The van der Waals surface area contributed by atoms with E-state index < -0.39 is 0 Å². The van der Waals surface area contributed by atoms with Gasteiger partial charge in [-0.2, -0.15) is 0 Å². The van der Waals surface area contributed by atoms with Crippen LogP contribution in [0.4, 0.5) is 0 Å². The topological polar surface area (TPSA) is 26.0 Å². The number of hydrogen-bond acceptors (Lipinski definition) is 2. The molecule has 0 bridgehead atoms. The summed E-state index contributed by atoms with van der Waals surface area (Å²) in [6, 6.07) is 19.6. The van der Waals surface area contributed by atoms with Gasteiger partial charge in [-0.05, 0) is 44.0 Å². The van der Waals surface area contributed by atoms with Gasteiger partial charge in [0.15, 0.2) is 0 Å². The highest BCUT2D eigenvalue weighted by Gasteiger charge is 2.12. The van der Waals surface area contributed by atoms with Crippen molar-refractivity contribution in [1.82, 2.24) is 0 Å². The predicted octanol–water partition coefficient (Wildman–Crippen LogP) is 4.96. The lowest BCUT2D eigenvalue weighted by molar-refractivity contribution is 0.678. The van der Waals surface area contributed by atoms with Gasteiger partial charge in [0.2, 0.25) is 0 Å². The standard InChI is InChI=1S/C18H23NS/c1-15-10-12-17(13-11-15)20-18(9-5-6-14-19)16-7-3-2-4-8-16/h2-4,7-8,10-13,18H,5-6,9,14,19H2,1H3. The lowest BCUT2D eigenvalue weighted by atomic mass is 10.1. The van der Waals surface area contributed by atoms with Crippen molar-refractivity contribution in [3.63, 3.8) is 0 Å². The van der Waals surface area contributed by atoms with Gasteiger partial charge >= 0.3 is 0 Å². The molecule has 1 atom stereocenters. The molecule has 0 heterocycles. The van der Waals surface area contributed by atoms with Gasteiger partial charge in [0.05, 0.1) is 0 Å². The molecule has 0 aliphatic carbocycles. The van der Waals surface area contributed by atoms with Crippen LogP contribution in [-0.2, 0) is 0 Å². The van der Waals surface area contributed by atoms with Gasteiger partial charge in [0, 0.05) is 10.1 Å². The van der Waals surface area contributed by atoms with Crippen LogP contribution < -0.4 is 5.73 Å². The van der Waals surface area contributed by atoms with Crippen LogP contribution in [0.3, 0.4) is 0 Å². The SMILES string of the molecule is Cc1ccc(SC(CCCCN)c2ccccc2)cc1. The smallest absolute Gasteiger partial charge is 0.0344 e. The second kappa shape index (κ2) is 8.13. The number of hydrogen-bond donors (Lipinski definition) is 1. The molecule has 0 spiro atoms. The largest absolute Gasteiger partial charge is 0.330 e. The quantitative estimate of drug-likeness (QED) is 0.575. The summed E-state index contributed by atoms with van der Waals surface area (Å²) >= 11 is 1.96. The zero-order chi connectivity index (χ0) is 14.2. The minimum atomic E-state index is 0.519. The summed E-state index contributed by atoms with van der Waals surface area (Å²) in [4.78, 5) is 1.34. The highest BCUT2D eigenvalue weighted by atomic mass is 32.2. The Bertz CT molecular complexity index is 493. The first-order chi connectivity index (χ1) is 9.79. The van der Waals surface area contributed by atoms with Crippen molar-refractivity contribution < 1.29 is 0 Å². The summed E-state index contributed by atoms with van der Waals surface area (Å²) in [6.07, 6.45) is 3.48. The molecule has 2 aromatic rings. The first-order valence-corrected chi connectivity index (χ1v) is 8.16. The maximum Gasteiger partial charge on any atom is 0.0344 e. The molecule has 20 heavy (non-hydrogen) atoms. The third-order valence-electron chi connectivity index (χ3n) is 3.39. The average Bonchev–Trinajstić information content (AvgIpc) is 2.49. The van der Waals surface area contributed by atoms with Crippen LogP contribution in [0.15, 0.2) is 59.5 Å². The van der Waals surface area contributed by atoms with Crippen molar-refractivity contribution >= 4 is 11.8 Å². The summed E-state index contributed by atoms with van der Waals surface area (Å²) < 4.78 is 0. The molecule has 0 saturated heterocycles. The van der Waals surface area contributed by atoms with Crippen LogP contribution >= 0.6 is 11.8 Å². The Morgan fingerprint density at radius 3 is 2.30 bits per heavy atom. The van der Waals surface area contributed by atoms with Gasteiger partial charge in [0.25, 0.3) is 0 Å². The van der Waals surface area contributed by atoms with Crippen LogP contribution in [0, 0.1) is 6.92 Å². The lowest BCUT2D eigenvalue weighted by Gasteiger charge is -2.17. The van der Waals surface area contributed by atoms with E-state index in [1.54, 1.807) is 0 Å². The zero-order valence-electron chi connectivity index (χ0n) is 12.1. The Kier molecular flexibility index (Phi) is 6.16. The second-order valence-electron chi connectivity index (χ2n) is 5.11. The Balaban J connectivity index is 2.07. The molecule has 0 fully saturated rings. The molecule has 106 valence electrons. The monoisotopic (exact) mass is 285 g/mol. The predicted molar refractivity (Wildman–Crippen MR) is 89.1 cm³/mol. The molecule has 0 aliphatic rings. The number of thioether (sulfide) groups is 1. The van der Waals surface area contributed by atoms with Gasteiger partial charge < -0.3 is 5.73 Å². The van der Waals surface area contributed by atoms with Crippen molar-refractivity contribution in [3.05, 3.63) is 65.7 Å². The van der Waals surface area contributed by atoms with Gasteiger partial charge in [-0.3, -0.25) is 0 Å². The molecule has 2 aromatic carbocycles. The third kappa shape index (κ3) is 4.69. The fourth-order valence-electron chi connectivity index (χ4n) is 2.22. The van der Waals surface area contributed by atoms with E-state index >= 15 is 0 Å². The van der Waals surface area contributed by atoms with Crippen molar-refractivity contribution in [1.29, 1.82) is 0 Å². The second-order valence-corrected chi connectivity index (χ2v) is 6.39. The minimum Gasteiger partial charge on any atom is -0.330 e. The summed E-state index contributed by atoms with van der Waals surface area (Å²) in [5.41, 5.74) is 8.34. The molecule has 1 unspecified atom stereocenters. The maximum absolute atomic E-state index is 5.62. The molecule has 1 nitrogen and oxygen atoms in total. The summed E-state index contributed by atoms with van der Waals surface area (Å²) in [5, 5.41) is 0.519. The summed E-state index contributed by atoms with van der Waals surface area (Å²) in [5.74, 6) is 0. The minimum absolute atomic E-state index is 0.519. The number of aryl methyl sites for hydroxylation is 1. The first-order valence-electron chi connectivity index (χ1n) is 7.28. The first kappa shape index (κ1) is 15.1. The maximum atomic E-state index is 5.62. The van der Waals surface area contributed by atoms with E-state index in [2.05, 4.69) is 61.5 Å². The Morgan fingerprint density at radius 2 is 1.65 bits per heavy atom. The van der Waals surface area contributed by atoms with E-state index in [-0.39, 0.29) is 0 Å². The number of benzene rings is 2. The van der Waals surface area contributed by atoms with Crippen molar-refractivity contribution in [3.8, 4) is 0 Å². The molecule has 0 aliphatic heterocycles. The van der Waals surface area contributed by atoms with Gasteiger partial charge in [-0.1, -0.05) is 54.4 Å². The molecule has 2 rings (SSSR count). The van der Waals surface area contributed by atoms with Crippen LogP contribution in [0.25, 0.3) is 0 Å². The van der Waals surface area contributed by atoms with E-state index in [0.717, 1.165) is 13.0 Å². The van der Waals surface area contributed by atoms with E-state index in [9.17, 15) is 0 Å². The number of nitrogens with two attached hydrogens (primary N) is 1. The highest BCUT2D eigenvalue weighted by Crippen LogP contribution is 2.38. The van der Waals surface area contributed by atoms with Crippen LogP contribution in [0.2, 0.25) is 0 Å². The molecular formula is C18H23NS. The van der Waals surface area contributed by atoms with Crippen LogP contribution in [0.1, 0.15) is 35.6 Å². The third-order valence-corrected chi connectivity index (χ3v) is 4.73. The van der Waals surface area contributed by atoms with Crippen LogP contribution in [-0.4, -0.2) is 6.54 Å². The van der Waals surface area contributed by atoms with E-state index in [1.165, 1.54) is 28.9 Å². The molecule has 0 aromatic heterocycles. The van der Waals surface area contributed by atoms with Gasteiger partial charge in [0.1, 0.15) is 0 Å². The Morgan fingerprint density at radius 1 is 0.950 bits per heavy atom. The van der Waals surface area contributed by atoms with Crippen molar-refractivity contribution in [2.45, 2.75) is 36.3 Å². The molecule has 2 N–H and O–H groups in total. The molecular weight excluding hydrogens is 262 g/mol. The molecule has 2 heteroatoms. The zero-order valence-corrected chi connectivity index (χ0v) is 12.9. The lowest BCUT2D eigenvalue weighted by Crippen LogP contribution is -2.00. The van der Waals surface area contributed by atoms with Gasteiger partial charge in [-0.15, -0.1) is 11.8 Å². The molecule has 0 radical (unpaired) electrons. The Hall–Kier alpha value is -1.25. The molecule has 0 saturated carbocycles. The van der Waals surface area contributed by atoms with E-state index in [4.69, 9.17) is 5.73 Å². The van der Waals surface area contributed by atoms with E-state index in [1.807, 2.05) is 11.8 Å². The molecule has 0 amide bonds. The number of rotatable bonds is 7. The summed E-state index contributed by atoms with van der Waals surface area (Å²) in [7, 11) is 0. The van der Waals surface area contributed by atoms with Crippen molar-refractivity contribution in [2.24, 2.45) is 5.73 Å². The summed E-state index contributed by atoms with van der Waals surface area (Å²) in [6.45, 7) is 2.92.